The van der Waals surface area contributed by atoms with Crippen molar-refractivity contribution < 1.29 is 0 Å². The van der Waals surface area contributed by atoms with Crippen molar-refractivity contribution in [3.63, 3.8) is 0 Å². The summed E-state index contributed by atoms with van der Waals surface area (Å²) in [5, 5.41) is 21.5. The van der Waals surface area contributed by atoms with E-state index in [1.54, 1.807) is 6.92 Å². The van der Waals surface area contributed by atoms with E-state index in [9.17, 15) is 4.79 Å². The van der Waals surface area contributed by atoms with Crippen LogP contribution in [0.4, 0.5) is 5.69 Å². The number of nitrogens with one attached hydrogen (secondary N) is 2. The average Bonchev–Trinajstić information content (AvgIpc) is 2.57. The third-order valence-electron chi connectivity index (χ3n) is 1.92. The number of aryl methyl sites for hydroxylation is 1. The normalized spacial score (nSPS) is 10.1. The molecule has 0 saturated heterocycles. The molecule has 0 atom stereocenters. The standard InChI is InChI=1S/C8H8N6O/c1-5-11-12-8-6(10-3-2-9)4-7(15)13-14(5)8/h4,10H,3H2,1H3,(H,13,15). The largest absolute Gasteiger partial charge is 0.369 e. The van der Waals surface area contributed by atoms with Crippen LogP contribution in [-0.4, -0.2) is 26.4 Å². The van der Waals surface area contributed by atoms with Gasteiger partial charge >= 0.3 is 0 Å². The Hall–Kier alpha value is -2.36. The van der Waals surface area contributed by atoms with Gasteiger partial charge in [0.25, 0.3) is 5.56 Å². The molecule has 7 heteroatoms. The first-order valence-electron chi connectivity index (χ1n) is 4.28. The first-order valence-corrected chi connectivity index (χ1v) is 4.28. The van der Waals surface area contributed by atoms with E-state index in [2.05, 4.69) is 20.6 Å². The molecule has 0 saturated carbocycles. The fourth-order valence-corrected chi connectivity index (χ4v) is 1.27. The lowest BCUT2D eigenvalue weighted by atomic mass is 10.4. The number of aromatic nitrogens is 4. The zero-order valence-corrected chi connectivity index (χ0v) is 7.98. The van der Waals surface area contributed by atoms with E-state index in [4.69, 9.17) is 5.26 Å². The second-order valence-corrected chi connectivity index (χ2v) is 2.95. The Labute approximate surface area is 84.3 Å². The number of hydrogen-bond acceptors (Lipinski definition) is 5. The molecule has 0 unspecified atom stereocenters. The van der Waals surface area contributed by atoms with Crippen molar-refractivity contribution in [3.05, 3.63) is 22.2 Å². The van der Waals surface area contributed by atoms with Gasteiger partial charge in [-0.25, -0.2) is 4.52 Å². The van der Waals surface area contributed by atoms with E-state index in [-0.39, 0.29) is 12.1 Å². The molecule has 15 heavy (non-hydrogen) atoms. The molecule has 0 radical (unpaired) electrons. The summed E-state index contributed by atoms with van der Waals surface area (Å²) in [6, 6.07) is 3.27. The molecule has 0 aliphatic heterocycles. The van der Waals surface area contributed by atoms with Crippen LogP contribution in [-0.2, 0) is 0 Å². The van der Waals surface area contributed by atoms with Crippen LogP contribution >= 0.6 is 0 Å². The van der Waals surface area contributed by atoms with Crippen LogP contribution in [0.3, 0.4) is 0 Å². The first-order chi connectivity index (χ1) is 7.22. The lowest BCUT2D eigenvalue weighted by molar-refractivity contribution is 0.853. The van der Waals surface area contributed by atoms with Crippen LogP contribution in [0.5, 0.6) is 0 Å². The van der Waals surface area contributed by atoms with Gasteiger partial charge in [-0.3, -0.25) is 9.89 Å². The summed E-state index contributed by atoms with van der Waals surface area (Å²) < 4.78 is 1.47. The fraction of sp³-hybridized carbons (Fsp3) is 0.250. The minimum absolute atomic E-state index is 0.116. The molecule has 0 aliphatic carbocycles. The molecule has 0 fully saturated rings. The van der Waals surface area contributed by atoms with Gasteiger partial charge in [0.05, 0.1) is 11.8 Å². The third kappa shape index (κ3) is 1.52. The molecule has 2 rings (SSSR count). The first kappa shape index (κ1) is 9.21. The highest BCUT2D eigenvalue weighted by atomic mass is 16.1. The topological polar surface area (TPSA) is 98.9 Å². The quantitative estimate of drug-likeness (QED) is 0.652. The number of anilines is 1. The SMILES string of the molecule is Cc1nnc2c(NCC#N)cc(=O)[nH]n12. The molecular formula is C8H8N6O. The zero-order valence-electron chi connectivity index (χ0n) is 7.98. The Morgan fingerprint density at radius 2 is 2.47 bits per heavy atom. The molecule has 0 aliphatic rings. The van der Waals surface area contributed by atoms with Gasteiger partial charge in [-0.2, -0.15) is 5.26 Å². The monoisotopic (exact) mass is 204 g/mol. The molecule has 7 nitrogen and oxygen atoms in total. The number of hydrogen-bond donors (Lipinski definition) is 2. The van der Waals surface area contributed by atoms with Crippen molar-refractivity contribution in [1.29, 1.82) is 5.26 Å². The van der Waals surface area contributed by atoms with Crippen LogP contribution in [0, 0.1) is 18.3 Å². The van der Waals surface area contributed by atoms with Crippen LogP contribution in [0.15, 0.2) is 10.9 Å². The lowest BCUT2D eigenvalue weighted by Gasteiger charge is -2.02. The minimum atomic E-state index is -0.272. The Bertz CT molecular complexity index is 589. The van der Waals surface area contributed by atoms with Crippen LogP contribution in [0.2, 0.25) is 0 Å². The Kier molecular flexibility index (Phi) is 2.10. The number of nitriles is 1. The minimum Gasteiger partial charge on any atom is -0.369 e. The highest BCUT2D eigenvalue weighted by Gasteiger charge is 2.07. The van der Waals surface area contributed by atoms with Gasteiger partial charge < -0.3 is 5.32 Å². The summed E-state index contributed by atoms with van der Waals surface area (Å²) in [6.07, 6.45) is 0. The maximum Gasteiger partial charge on any atom is 0.265 e. The smallest absolute Gasteiger partial charge is 0.265 e. The predicted molar refractivity (Wildman–Crippen MR) is 52.4 cm³/mol. The number of fused-ring (bicyclic) bond motifs is 1. The van der Waals surface area contributed by atoms with E-state index < -0.39 is 0 Å². The number of rotatable bonds is 2. The van der Waals surface area contributed by atoms with E-state index in [0.29, 0.717) is 17.2 Å². The molecule has 76 valence electrons. The maximum atomic E-state index is 11.3. The summed E-state index contributed by atoms with van der Waals surface area (Å²) in [5.74, 6) is 0.586. The summed E-state index contributed by atoms with van der Waals surface area (Å²) >= 11 is 0. The van der Waals surface area contributed by atoms with Gasteiger partial charge in [0.2, 0.25) is 0 Å². The van der Waals surface area contributed by atoms with E-state index in [1.165, 1.54) is 10.6 Å². The Morgan fingerprint density at radius 1 is 1.67 bits per heavy atom. The van der Waals surface area contributed by atoms with Gasteiger partial charge in [-0.1, -0.05) is 0 Å². The Balaban J connectivity index is 2.63. The average molecular weight is 204 g/mol. The van der Waals surface area contributed by atoms with Crippen LogP contribution in [0.1, 0.15) is 5.82 Å². The summed E-state index contributed by atoms with van der Waals surface area (Å²) in [6.45, 7) is 1.84. The molecule has 2 aromatic heterocycles. The van der Waals surface area contributed by atoms with E-state index >= 15 is 0 Å². The molecule has 2 aromatic rings. The molecular weight excluding hydrogens is 196 g/mol. The van der Waals surface area contributed by atoms with Gasteiger partial charge in [-0.05, 0) is 6.92 Å². The second-order valence-electron chi connectivity index (χ2n) is 2.95. The second kappa shape index (κ2) is 3.42. The summed E-state index contributed by atoms with van der Waals surface area (Å²) in [4.78, 5) is 11.3. The number of aromatic amines is 1. The summed E-state index contributed by atoms with van der Waals surface area (Å²) in [5.41, 5.74) is 0.731. The van der Waals surface area contributed by atoms with Crippen molar-refractivity contribution >= 4 is 11.3 Å². The molecule has 0 aromatic carbocycles. The predicted octanol–water partition coefficient (Wildman–Crippen LogP) is -0.339. The summed E-state index contributed by atoms with van der Waals surface area (Å²) in [7, 11) is 0. The van der Waals surface area contributed by atoms with Crippen molar-refractivity contribution in [2.24, 2.45) is 0 Å². The third-order valence-corrected chi connectivity index (χ3v) is 1.92. The zero-order chi connectivity index (χ0) is 10.8. The van der Waals surface area contributed by atoms with Gasteiger partial charge in [-0.15, -0.1) is 10.2 Å². The highest BCUT2D eigenvalue weighted by molar-refractivity contribution is 5.66. The molecule has 2 heterocycles. The van der Waals surface area contributed by atoms with Crippen molar-refractivity contribution in [2.45, 2.75) is 6.92 Å². The van der Waals surface area contributed by atoms with Crippen molar-refractivity contribution in [3.8, 4) is 6.07 Å². The molecule has 0 bridgehead atoms. The number of H-pyrrole nitrogens is 1. The van der Waals surface area contributed by atoms with Gasteiger partial charge in [0, 0.05) is 6.07 Å². The molecule has 0 spiro atoms. The maximum absolute atomic E-state index is 11.3. The van der Waals surface area contributed by atoms with Gasteiger partial charge in [0.1, 0.15) is 12.4 Å². The van der Waals surface area contributed by atoms with Crippen LogP contribution in [0.25, 0.3) is 5.65 Å². The fourth-order valence-electron chi connectivity index (χ4n) is 1.27. The van der Waals surface area contributed by atoms with Crippen molar-refractivity contribution in [1.82, 2.24) is 19.8 Å². The van der Waals surface area contributed by atoms with E-state index in [0.717, 1.165) is 0 Å². The molecule has 2 N–H and O–H groups in total. The van der Waals surface area contributed by atoms with Crippen molar-refractivity contribution in [2.75, 3.05) is 11.9 Å². The highest BCUT2D eigenvalue weighted by Crippen LogP contribution is 2.10. The molecule has 0 amide bonds. The van der Waals surface area contributed by atoms with Crippen LogP contribution < -0.4 is 10.9 Å². The van der Waals surface area contributed by atoms with Gasteiger partial charge in [0.15, 0.2) is 5.65 Å². The Morgan fingerprint density at radius 3 is 3.20 bits per heavy atom. The number of nitrogens with zero attached hydrogens (tertiary/aromatic N) is 4. The lowest BCUT2D eigenvalue weighted by Crippen LogP contribution is -2.14. The van der Waals surface area contributed by atoms with E-state index in [1.807, 2.05) is 6.07 Å².